The SMILES string of the molecule is O=C(NCc1ccccc1)c1[nH]c2ccccc2c1Sc1ccc(Cl)cc1. The molecule has 3 nitrogen and oxygen atoms in total. The minimum atomic E-state index is -0.119. The maximum Gasteiger partial charge on any atom is 0.269 e. The van der Waals surface area contributed by atoms with E-state index in [4.69, 9.17) is 11.6 Å². The van der Waals surface area contributed by atoms with Gasteiger partial charge in [-0.15, -0.1) is 0 Å². The summed E-state index contributed by atoms with van der Waals surface area (Å²) in [4.78, 5) is 18.1. The van der Waals surface area contributed by atoms with Crippen molar-refractivity contribution in [1.29, 1.82) is 0 Å². The van der Waals surface area contributed by atoms with E-state index in [2.05, 4.69) is 10.3 Å². The zero-order chi connectivity index (χ0) is 18.6. The Bertz CT molecular complexity index is 1070. The molecule has 0 unspecified atom stereocenters. The summed E-state index contributed by atoms with van der Waals surface area (Å²) in [5, 5.41) is 4.73. The van der Waals surface area contributed by atoms with E-state index in [0.29, 0.717) is 17.3 Å². The van der Waals surface area contributed by atoms with Gasteiger partial charge in [-0.3, -0.25) is 4.79 Å². The number of aromatic nitrogens is 1. The molecule has 4 aromatic rings. The Morgan fingerprint density at radius 1 is 0.926 bits per heavy atom. The van der Waals surface area contributed by atoms with Crippen LogP contribution in [0.15, 0.2) is 88.7 Å². The number of halogens is 1. The number of aromatic amines is 1. The van der Waals surface area contributed by atoms with E-state index in [-0.39, 0.29) is 5.91 Å². The molecule has 5 heteroatoms. The van der Waals surface area contributed by atoms with Crippen molar-refractivity contribution in [3.05, 3.63) is 95.1 Å². The third-order valence-electron chi connectivity index (χ3n) is 4.21. The summed E-state index contributed by atoms with van der Waals surface area (Å²) in [6, 6.07) is 25.5. The van der Waals surface area contributed by atoms with Gasteiger partial charge in [0, 0.05) is 27.4 Å². The first-order chi connectivity index (χ1) is 13.2. The molecule has 4 rings (SSSR count). The maximum atomic E-state index is 12.9. The summed E-state index contributed by atoms with van der Waals surface area (Å²) in [5.41, 5.74) is 2.58. The summed E-state index contributed by atoms with van der Waals surface area (Å²) in [6.45, 7) is 0.486. The number of fused-ring (bicyclic) bond motifs is 1. The molecule has 0 saturated heterocycles. The van der Waals surface area contributed by atoms with E-state index in [1.807, 2.05) is 78.9 Å². The number of para-hydroxylation sites is 1. The van der Waals surface area contributed by atoms with Gasteiger partial charge in [0.1, 0.15) is 5.69 Å². The highest BCUT2D eigenvalue weighted by Crippen LogP contribution is 2.37. The Hall–Kier alpha value is -2.69. The summed E-state index contributed by atoms with van der Waals surface area (Å²) >= 11 is 7.55. The Kier molecular flexibility index (Phi) is 5.19. The second-order valence-electron chi connectivity index (χ2n) is 6.10. The van der Waals surface area contributed by atoms with Gasteiger partial charge in [-0.2, -0.15) is 0 Å². The van der Waals surface area contributed by atoms with Crippen molar-refractivity contribution in [2.75, 3.05) is 0 Å². The highest BCUT2D eigenvalue weighted by atomic mass is 35.5. The quantitative estimate of drug-likeness (QED) is 0.444. The van der Waals surface area contributed by atoms with Crippen LogP contribution in [0.2, 0.25) is 5.02 Å². The largest absolute Gasteiger partial charge is 0.350 e. The molecule has 1 amide bonds. The average Bonchev–Trinajstić information content (AvgIpc) is 3.07. The first-order valence-electron chi connectivity index (χ1n) is 8.57. The molecule has 2 N–H and O–H groups in total. The normalized spacial score (nSPS) is 10.9. The van der Waals surface area contributed by atoms with Crippen LogP contribution in [0.4, 0.5) is 0 Å². The third kappa shape index (κ3) is 4.02. The second-order valence-corrected chi connectivity index (χ2v) is 7.62. The number of hydrogen-bond acceptors (Lipinski definition) is 2. The van der Waals surface area contributed by atoms with Crippen molar-refractivity contribution in [3.8, 4) is 0 Å². The van der Waals surface area contributed by atoms with Crippen LogP contribution in [0.25, 0.3) is 10.9 Å². The lowest BCUT2D eigenvalue weighted by Crippen LogP contribution is -2.23. The van der Waals surface area contributed by atoms with E-state index in [1.54, 1.807) is 11.8 Å². The van der Waals surface area contributed by atoms with Crippen LogP contribution >= 0.6 is 23.4 Å². The Balaban J connectivity index is 1.64. The minimum absolute atomic E-state index is 0.119. The number of H-pyrrole nitrogens is 1. The van der Waals surface area contributed by atoms with Crippen LogP contribution in [-0.2, 0) is 6.54 Å². The lowest BCUT2D eigenvalue weighted by Gasteiger charge is -2.07. The Labute approximate surface area is 166 Å². The van der Waals surface area contributed by atoms with E-state index in [1.165, 1.54) is 0 Å². The van der Waals surface area contributed by atoms with Crippen molar-refractivity contribution in [2.24, 2.45) is 0 Å². The molecule has 0 radical (unpaired) electrons. The van der Waals surface area contributed by atoms with Crippen molar-refractivity contribution in [1.82, 2.24) is 10.3 Å². The van der Waals surface area contributed by atoms with Gasteiger partial charge >= 0.3 is 0 Å². The van der Waals surface area contributed by atoms with E-state index in [0.717, 1.165) is 26.3 Å². The predicted octanol–water partition coefficient (Wildman–Crippen LogP) is 5.90. The molecule has 134 valence electrons. The number of benzene rings is 3. The number of carbonyl (C=O) groups is 1. The van der Waals surface area contributed by atoms with Crippen molar-refractivity contribution in [2.45, 2.75) is 16.3 Å². The van der Waals surface area contributed by atoms with Crippen LogP contribution in [0, 0.1) is 0 Å². The monoisotopic (exact) mass is 392 g/mol. The fraction of sp³-hybridized carbons (Fsp3) is 0.0455. The summed E-state index contributed by atoms with van der Waals surface area (Å²) < 4.78 is 0. The number of rotatable bonds is 5. The molecule has 0 aliphatic rings. The molecular weight excluding hydrogens is 376 g/mol. The van der Waals surface area contributed by atoms with Crippen LogP contribution in [0.1, 0.15) is 16.1 Å². The van der Waals surface area contributed by atoms with Crippen molar-refractivity contribution in [3.63, 3.8) is 0 Å². The lowest BCUT2D eigenvalue weighted by atomic mass is 10.2. The number of hydrogen-bond donors (Lipinski definition) is 2. The molecule has 3 aromatic carbocycles. The van der Waals surface area contributed by atoms with Gasteiger partial charge in [0.2, 0.25) is 0 Å². The van der Waals surface area contributed by atoms with Crippen molar-refractivity contribution >= 4 is 40.2 Å². The summed E-state index contributed by atoms with van der Waals surface area (Å²) in [6.07, 6.45) is 0. The Morgan fingerprint density at radius 3 is 2.41 bits per heavy atom. The summed E-state index contributed by atoms with van der Waals surface area (Å²) in [7, 11) is 0. The fourth-order valence-electron chi connectivity index (χ4n) is 2.87. The van der Waals surface area contributed by atoms with Crippen LogP contribution in [0.5, 0.6) is 0 Å². The number of carbonyl (C=O) groups excluding carboxylic acids is 1. The highest BCUT2D eigenvalue weighted by molar-refractivity contribution is 7.99. The molecule has 0 atom stereocenters. The molecule has 0 bridgehead atoms. The van der Waals surface area contributed by atoms with Gasteiger partial charge in [-0.1, -0.05) is 71.9 Å². The topological polar surface area (TPSA) is 44.9 Å². The van der Waals surface area contributed by atoms with Crippen molar-refractivity contribution < 1.29 is 4.79 Å². The maximum absolute atomic E-state index is 12.9. The van der Waals surface area contributed by atoms with Crippen LogP contribution in [-0.4, -0.2) is 10.9 Å². The van der Waals surface area contributed by atoms with Gasteiger partial charge in [-0.05, 0) is 35.9 Å². The molecule has 0 spiro atoms. The van der Waals surface area contributed by atoms with Gasteiger partial charge in [-0.25, -0.2) is 0 Å². The minimum Gasteiger partial charge on any atom is -0.350 e. The van der Waals surface area contributed by atoms with Crippen LogP contribution in [0.3, 0.4) is 0 Å². The van der Waals surface area contributed by atoms with Gasteiger partial charge in [0.15, 0.2) is 0 Å². The molecule has 27 heavy (non-hydrogen) atoms. The molecule has 1 aromatic heterocycles. The average molecular weight is 393 g/mol. The molecule has 0 saturated carbocycles. The molecule has 0 aliphatic carbocycles. The van der Waals surface area contributed by atoms with E-state index in [9.17, 15) is 4.79 Å². The molecular formula is C22H17ClN2OS. The highest BCUT2D eigenvalue weighted by Gasteiger charge is 2.18. The van der Waals surface area contributed by atoms with Gasteiger partial charge in [0.25, 0.3) is 5.91 Å². The smallest absolute Gasteiger partial charge is 0.269 e. The molecule has 0 aliphatic heterocycles. The summed E-state index contributed by atoms with van der Waals surface area (Å²) in [5.74, 6) is -0.119. The van der Waals surface area contributed by atoms with E-state index >= 15 is 0 Å². The number of amides is 1. The molecule has 0 fully saturated rings. The van der Waals surface area contributed by atoms with Crippen LogP contribution < -0.4 is 5.32 Å². The van der Waals surface area contributed by atoms with Gasteiger partial charge in [0.05, 0.1) is 4.90 Å². The van der Waals surface area contributed by atoms with E-state index < -0.39 is 0 Å². The predicted molar refractivity (Wildman–Crippen MR) is 111 cm³/mol. The zero-order valence-corrected chi connectivity index (χ0v) is 16.0. The second kappa shape index (κ2) is 7.91. The Morgan fingerprint density at radius 2 is 1.63 bits per heavy atom. The third-order valence-corrected chi connectivity index (χ3v) is 5.60. The lowest BCUT2D eigenvalue weighted by molar-refractivity contribution is 0.0944. The zero-order valence-electron chi connectivity index (χ0n) is 14.4. The van der Waals surface area contributed by atoms with Gasteiger partial charge < -0.3 is 10.3 Å². The standard InChI is InChI=1S/C22H17ClN2OS/c23-16-10-12-17(13-11-16)27-21-18-8-4-5-9-19(18)25-20(21)22(26)24-14-15-6-2-1-3-7-15/h1-13,25H,14H2,(H,24,26). The molecule has 1 heterocycles. The number of nitrogens with one attached hydrogen (secondary N) is 2. The first-order valence-corrected chi connectivity index (χ1v) is 9.76. The first kappa shape index (κ1) is 17.7. The fourth-order valence-corrected chi connectivity index (χ4v) is 4.04.